The molecule has 0 unspecified atom stereocenters. The second-order valence-corrected chi connectivity index (χ2v) is 7.01. The van der Waals surface area contributed by atoms with E-state index in [9.17, 15) is 4.79 Å². The van der Waals surface area contributed by atoms with E-state index in [1.54, 1.807) is 12.1 Å². The monoisotopic (exact) mass is 364 g/mol. The van der Waals surface area contributed by atoms with Gasteiger partial charge in [0.25, 0.3) is 0 Å². The van der Waals surface area contributed by atoms with Gasteiger partial charge in [0.15, 0.2) is 6.29 Å². The van der Waals surface area contributed by atoms with Crippen LogP contribution in [0.25, 0.3) is 0 Å². The van der Waals surface area contributed by atoms with Gasteiger partial charge in [0.05, 0.1) is 11.4 Å². The molecule has 140 valence electrons. The normalized spacial score (nSPS) is 25.3. The number of carbonyl (C=O) groups excluding carboxylic acids is 1. The van der Waals surface area contributed by atoms with Gasteiger partial charge in [-0.25, -0.2) is 5.01 Å². The third kappa shape index (κ3) is 3.24. The molecule has 27 heavy (non-hydrogen) atoms. The van der Waals surface area contributed by atoms with Crippen LogP contribution in [0.4, 0.5) is 5.69 Å². The molecule has 2 aromatic rings. The summed E-state index contributed by atoms with van der Waals surface area (Å²) in [5.41, 5.74) is 6.50. The van der Waals surface area contributed by atoms with E-state index >= 15 is 0 Å². The Hall–Kier alpha value is -2.63. The second-order valence-electron chi connectivity index (χ2n) is 7.01. The molecule has 2 heterocycles. The largest absolute Gasteiger partial charge is 0.356 e. The van der Waals surface area contributed by atoms with Gasteiger partial charge in [-0.05, 0) is 31.0 Å². The minimum Gasteiger partial charge on any atom is -0.356 e. The van der Waals surface area contributed by atoms with Crippen molar-refractivity contribution in [1.82, 2.24) is 5.43 Å². The molecule has 2 aliphatic rings. The summed E-state index contributed by atoms with van der Waals surface area (Å²) in [6.07, 6.45) is 3.30. The van der Waals surface area contributed by atoms with Crippen molar-refractivity contribution >= 4 is 11.6 Å². The maximum absolute atomic E-state index is 12.9. The van der Waals surface area contributed by atoms with E-state index in [-0.39, 0.29) is 12.2 Å². The highest BCUT2D eigenvalue weighted by molar-refractivity contribution is 5.93. The number of methoxy groups -OCH3 is 1. The number of hydrogen-bond donors (Lipinski definition) is 1. The predicted molar refractivity (Wildman–Crippen MR) is 104 cm³/mol. The summed E-state index contributed by atoms with van der Waals surface area (Å²) in [6, 6.07) is 18.0. The molecule has 1 saturated heterocycles. The fourth-order valence-corrected chi connectivity index (χ4v) is 3.74. The first-order chi connectivity index (χ1) is 13.1. The van der Waals surface area contributed by atoms with E-state index in [1.165, 1.54) is 0 Å². The molecule has 0 saturated carbocycles. The van der Waals surface area contributed by atoms with Crippen molar-refractivity contribution in [2.24, 2.45) is 0 Å². The van der Waals surface area contributed by atoms with Gasteiger partial charge in [-0.1, -0.05) is 54.1 Å². The van der Waals surface area contributed by atoms with Crippen molar-refractivity contribution in [3.63, 3.8) is 0 Å². The Morgan fingerprint density at radius 1 is 1.15 bits per heavy atom. The summed E-state index contributed by atoms with van der Waals surface area (Å²) in [6.45, 7) is 2.03. The predicted octanol–water partition coefficient (Wildman–Crippen LogP) is 3.80. The third-order valence-electron chi connectivity index (χ3n) is 5.25. The summed E-state index contributed by atoms with van der Waals surface area (Å²) in [7, 11) is 1.65. The molecule has 1 N–H and O–H groups in total. The van der Waals surface area contributed by atoms with E-state index in [1.807, 2.05) is 61.5 Å². The van der Waals surface area contributed by atoms with E-state index < -0.39 is 5.60 Å². The fourth-order valence-electron chi connectivity index (χ4n) is 3.74. The number of nitrogens with zero attached hydrogens (tertiary/aromatic N) is 1. The zero-order valence-corrected chi connectivity index (χ0v) is 15.6. The number of nitrogens with one attached hydrogen (secondary N) is 1. The van der Waals surface area contributed by atoms with Gasteiger partial charge in [0, 0.05) is 20.0 Å². The number of fused-ring (bicyclic) bond motifs is 1. The molecule has 2 atom stereocenters. The maximum Gasteiger partial charge on any atom is 0.245 e. The number of anilines is 1. The Morgan fingerprint density at radius 2 is 1.89 bits per heavy atom. The van der Waals surface area contributed by atoms with Crippen molar-refractivity contribution in [3.8, 4) is 0 Å². The van der Waals surface area contributed by atoms with Gasteiger partial charge >= 0.3 is 0 Å². The number of amides is 1. The summed E-state index contributed by atoms with van der Waals surface area (Å²) >= 11 is 0. The van der Waals surface area contributed by atoms with Gasteiger partial charge in [0.2, 0.25) is 5.91 Å². The minimum absolute atomic E-state index is 0.0158. The van der Waals surface area contributed by atoms with Crippen molar-refractivity contribution < 1.29 is 14.3 Å². The van der Waals surface area contributed by atoms with Gasteiger partial charge in [0.1, 0.15) is 5.60 Å². The molecular weight excluding hydrogens is 340 g/mol. The summed E-state index contributed by atoms with van der Waals surface area (Å²) in [4.78, 5) is 12.9. The number of hydrazine groups is 1. The number of aryl methyl sites for hydroxylation is 1. The highest BCUT2D eigenvalue weighted by Crippen LogP contribution is 2.43. The van der Waals surface area contributed by atoms with Crippen LogP contribution in [0.15, 0.2) is 66.4 Å². The lowest BCUT2D eigenvalue weighted by Gasteiger charge is -2.41. The van der Waals surface area contributed by atoms with Crippen LogP contribution in [0.5, 0.6) is 0 Å². The smallest absolute Gasteiger partial charge is 0.245 e. The lowest BCUT2D eigenvalue weighted by atomic mass is 9.84. The van der Waals surface area contributed by atoms with Crippen molar-refractivity contribution in [3.05, 3.63) is 77.5 Å². The quantitative estimate of drug-likeness (QED) is 0.900. The Kier molecular flexibility index (Phi) is 4.72. The summed E-state index contributed by atoms with van der Waals surface area (Å²) in [5, 5.41) is 1.63. The number of hydrogen-bond acceptors (Lipinski definition) is 4. The van der Waals surface area contributed by atoms with Crippen LogP contribution < -0.4 is 10.4 Å². The van der Waals surface area contributed by atoms with Crippen LogP contribution in [-0.4, -0.2) is 19.3 Å². The highest BCUT2D eigenvalue weighted by Gasteiger charge is 2.46. The Bertz CT molecular complexity index is 848. The van der Waals surface area contributed by atoms with E-state index in [0.29, 0.717) is 19.3 Å². The molecule has 0 radical (unpaired) electrons. The average molecular weight is 364 g/mol. The topological polar surface area (TPSA) is 50.8 Å². The zero-order valence-electron chi connectivity index (χ0n) is 15.6. The standard InChI is InChI=1S/C22H24N2O3/c1-16-8-10-18(11-9-16)24-20(25)14-15-22(17-6-4-3-5-7-17)19(23-24)12-13-21(26-2)27-22/h3-12,21,23H,13-15H2,1-2H3/t21-,22+/m0/s1. The fraction of sp³-hybridized carbons (Fsp3) is 0.318. The Labute approximate surface area is 159 Å². The van der Waals surface area contributed by atoms with Crippen molar-refractivity contribution in [2.75, 3.05) is 12.1 Å². The van der Waals surface area contributed by atoms with Gasteiger partial charge in [-0.3, -0.25) is 10.2 Å². The molecule has 5 nitrogen and oxygen atoms in total. The molecule has 2 aromatic carbocycles. The molecule has 0 spiro atoms. The SMILES string of the molecule is CO[C@@H]1CC=C2NN(c3ccc(C)cc3)C(=O)CC[C@]2(c2ccccc2)O1. The lowest BCUT2D eigenvalue weighted by molar-refractivity contribution is -0.200. The first-order valence-corrected chi connectivity index (χ1v) is 9.25. The Balaban J connectivity index is 1.76. The molecule has 1 amide bonds. The number of ether oxygens (including phenoxy) is 2. The van der Waals surface area contributed by atoms with Gasteiger partial charge < -0.3 is 9.47 Å². The molecular formula is C22H24N2O3. The molecule has 5 heteroatoms. The molecule has 0 aliphatic carbocycles. The number of benzene rings is 2. The number of rotatable bonds is 3. The number of carbonyl (C=O) groups is 1. The summed E-state index contributed by atoms with van der Waals surface area (Å²) < 4.78 is 11.9. The molecule has 0 bridgehead atoms. The molecule has 4 rings (SSSR count). The van der Waals surface area contributed by atoms with Gasteiger partial charge in [-0.15, -0.1) is 0 Å². The van der Waals surface area contributed by atoms with Crippen LogP contribution >= 0.6 is 0 Å². The first-order valence-electron chi connectivity index (χ1n) is 9.25. The molecule has 0 aromatic heterocycles. The van der Waals surface area contributed by atoms with E-state index in [2.05, 4.69) is 11.5 Å². The van der Waals surface area contributed by atoms with Crippen LogP contribution in [0, 0.1) is 6.92 Å². The maximum atomic E-state index is 12.9. The summed E-state index contributed by atoms with van der Waals surface area (Å²) in [5.74, 6) is 0.0158. The van der Waals surface area contributed by atoms with Gasteiger partial charge in [-0.2, -0.15) is 0 Å². The lowest BCUT2D eigenvalue weighted by Crippen LogP contribution is -2.48. The van der Waals surface area contributed by atoms with Crippen molar-refractivity contribution in [1.29, 1.82) is 0 Å². The molecule has 1 fully saturated rings. The molecule has 2 aliphatic heterocycles. The highest BCUT2D eigenvalue weighted by atomic mass is 16.7. The Morgan fingerprint density at radius 3 is 2.59 bits per heavy atom. The zero-order chi connectivity index (χ0) is 18.9. The van der Waals surface area contributed by atoms with Crippen LogP contribution in [-0.2, 0) is 19.9 Å². The van der Waals surface area contributed by atoms with E-state index in [0.717, 1.165) is 22.5 Å². The third-order valence-corrected chi connectivity index (χ3v) is 5.25. The second kappa shape index (κ2) is 7.18. The average Bonchev–Trinajstić information content (AvgIpc) is 2.86. The minimum atomic E-state index is -0.727. The van der Waals surface area contributed by atoms with Crippen LogP contribution in [0.3, 0.4) is 0 Å². The first kappa shape index (κ1) is 17.8. The van der Waals surface area contributed by atoms with E-state index in [4.69, 9.17) is 9.47 Å². The van der Waals surface area contributed by atoms with Crippen LogP contribution in [0.1, 0.15) is 30.4 Å². The van der Waals surface area contributed by atoms with Crippen LogP contribution in [0.2, 0.25) is 0 Å². The van der Waals surface area contributed by atoms with Crippen molar-refractivity contribution in [2.45, 2.75) is 38.1 Å².